The van der Waals surface area contributed by atoms with Gasteiger partial charge in [0.05, 0.1) is 22.9 Å². The van der Waals surface area contributed by atoms with Crippen LogP contribution in [0.4, 0.5) is 0 Å². The zero-order valence-corrected chi connectivity index (χ0v) is 14.2. The molecule has 0 spiro atoms. The summed E-state index contributed by atoms with van der Waals surface area (Å²) < 4.78 is 1.91. The van der Waals surface area contributed by atoms with Crippen molar-refractivity contribution < 1.29 is 4.79 Å². The average Bonchev–Trinajstić information content (AvgIpc) is 3.16. The van der Waals surface area contributed by atoms with Crippen molar-refractivity contribution in [3.8, 4) is 5.13 Å². The average molecular weight is 332 g/mol. The van der Waals surface area contributed by atoms with Gasteiger partial charge in [-0.2, -0.15) is 0 Å². The molecule has 114 valence electrons. The molecule has 0 saturated heterocycles. The topological polar surface area (TPSA) is 59.8 Å². The normalized spacial score (nSPS) is 10.9. The van der Waals surface area contributed by atoms with Gasteiger partial charge in [-0.25, -0.2) is 9.97 Å². The quantitative estimate of drug-likeness (QED) is 0.798. The first-order chi connectivity index (χ1) is 10.5. The molecule has 0 aliphatic heterocycles. The number of hydrogen-bond donors (Lipinski definition) is 1. The van der Waals surface area contributed by atoms with Gasteiger partial charge < -0.3 is 9.88 Å². The van der Waals surface area contributed by atoms with E-state index in [-0.39, 0.29) is 5.91 Å². The molecule has 0 aliphatic rings. The summed E-state index contributed by atoms with van der Waals surface area (Å²) in [5.74, 6) is -0.0844. The van der Waals surface area contributed by atoms with E-state index in [4.69, 9.17) is 0 Å². The van der Waals surface area contributed by atoms with Crippen LogP contribution in [0, 0.1) is 20.8 Å². The number of nitrogens with one attached hydrogen (secondary N) is 1. The zero-order valence-electron chi connectivity index (χ0n) is 12.6. The SMILES string of the molecule is Cc1nc(C)c(CNC(=O)c2sc(-n3cccc3)nc2C)s1. The molecule has 3 aromatic heterocycles. The second-order valence-corrected chi connectivity index (χ2v) is 7.19. The summed E-state index contributed by atoms with van der Waals surface area (Å²) in [5, 5.41) is 4.78. The van der Waals surface area contributed by atoms with Gasteiger partial charge in [-0.05, 0) is 32.9 Å². The Morgan fingerprint density at radius 2 is 1.86 bits per heavy atom. The molecule has 1 N–H and O–H groups in total. The molecule has 3 rings (SSSR count). The van der Waals surface area contributed by atoms with Crippen LogP contribution in [0.5, 0.6) is 0 Å². The fraction of sp³-hybridized carbons (Fsp3) is 0.267. The molecule has 0 atom stereocenters. The number of aromatic nitrogens is 3. The van der Waals surface area contributed by atoms with Crippen LogP contribution in [-0.4, -0.2) is 20.4 Å². The highest BCUT2D eigenvalue weighted by atomic mass is 32.1. The summed E-state index contributed by atoms with van der Waals surface area (Å²) in [5.41, 5.74) is 1.74. The third-order valence-corrected chi connectivity index (χ3v) is 5.47. The van der Waals surface area contributed by atoms with Gasteiger partial charge in [-0.15, -0.1) is 11.3 Å². The Bertz CT molecular complexity index is 802. The van der Waals surface area contributed by atoms with Crippen molar-refractivity contribution in [1.29, 1.82) is 0 Å². The van der Waals surface area contributed by atoms with E-state index in [1.54, 1.807) is 11.3 Å². The third kappa shape index (κ3) is 2.95. The second-order valence-electron chi connectivity index (χ2n) is 4.93. The Kier molecular flexibility index (Phi) is 4.08. The van der Waals surface area contributed by atoms with Crippen LogP contribution in [-0.2, 0) is 6.54 Å². The lowest BCUT2D eigenvalue weighted by atomic mass is 10.3. The maximum Gasteiger partial charge on any atom is 0.263 e. The molecule has 22 heavy (non-hydrogen) atoms. The highest BCUT2D eigenvalue weighted by molar-refractivity contribution is 7.16. The van der Waals surface area contributed by atoms with E-state index in [9.17, 15) is 4.79 Å². The van der Waals surface area contributed by atoms with Gasteiger partial charge in [0, 0.05) is 17.3 Å². The first-order valence-corrected chi connectivity index (χ1v) is 8.50. The van der Waals surface area contributed by atoms with E-state index in [0.717, 1.165) is 26.4 Å². The maximum absolute atomic E-state index is 12.4. The van der Waals surface area contributed by atoms with Crippen molar-refractivity contribution >= 4 is 28.6 Å². The van der Waals surface area contributed by atoms with Crippen molar-refractivity contribution in [2.75, 3.05) is 0 Å². The molecule has 0 radical (unpaired) electrons. The number of amides is 1. The number of rotatable bonds is 4. The van der Waals surface area contributed by atoms with Crippen LogP contribution in [0.3, 0.4) is 0 Å². The van der Waals surface area contributed by atoms with Crippen LogP contribution in [0.1, 0.15) is 30.9 Å². The van der Waals surface area contributed by atoms with Gasteiger partial charge in [0.2, 0.25) is 0 Å². The number of carbonyl (C=O) groups excluding carboxylic acids is 1. The standard InChI is InChI=1S/C15H16N4OS2/c1-9-12(21-11(3)17-9)8-16-14(20)13-10(2)18-15(22-13)19-6-4-5-7-19/h4-7H,8H2,1-3H3,(H,16,20). The Morgan fingerprint density at radius 3 is 2.50 bits per heavy atom. The third-order valence-electron chi connectivity index (χ3n) is 3.23. The first-order valence-electron chi connectivity index (χ1n) is 6.86. The lowest BCUT2D eigenvalue weighted by Crippen LogP contribution is -2.22. The molecule has 0 aromatic carbocycles. The Morgan fingerprint density at radius 1 is 1.14 bits per heavy atom. The molecule has 0 bridgehead atoms. The Hall–Kier alpha value is -1.99. The van der Waals surface area contributed by atoms with Crippen LogP contribution in [0.2, 0.25) is 0 Å². The number of carbonyl (C=O) groups is 1. The second kappa shape index (κ2) is 6.02. The summed E-state index contributed by atoms with van der Waals surface area (Å²) in [6.07, 6.45) is 3.84. The molecule has 5 nitrogen and oxygen atoms in total. The molecule has 0 saturated carbocycles. The van der Waals surface area contributed by atoms with Crippen molar-refractivity contribution in [3.05, 3.63) is 50.7 Å². The highest BCUT2D eigenvalue weighted by Gasteiger charge is 2.16. The van der Waals surface area contributed by atoms with E-state index < -0.39 is 0 Å². The fourth-order valence-electron chi connectivity index (χ4n) is 2.14. The van der Waals surface area contributed by atoms with Gasteiger partial charge in [0.25, 0.3) is 5.91 Å². The number of aryl methyl sites for hydroxylation is 3. The van der Waals surface area contributed by atoms with Crippen molar-refractivity contribution in [2.24, 2.45) is 0 Å². The molecule has 0 aliphatic carbocycles. The van der Waals surface area contributed by atoms with E-state index in [1.807, 2.05) is 49.9 Å². The predicted molar refractivity (Wildman–Crippen MR) is 88.9 cm³/mol. The fourth-order valence-corrected chi connectivity index (χ4v) is 3.97. The van der Waals surface area contributed by atoms with Crippen molar-refractivity contribution in [2.45, 2.75) is 27.3 Å². The predicted octanol–water partition coefficient (Wildman–Crippen LogP) is 3.25. The summed E-state index contributed by atoms with van der Waals surface area (Å²) in [6, 6.07) is 3.87. The molecule has 0 unspecified atom stereocenters. The summed E-state index contributed by atoms with van der Waals surface area (Å²) >= 11 is 3.01. The maximum atomic E-state index is 12.4. The van der Waals surface area contributed by atoms with E-state index >= 15 is 0 Å². The monoisotopic (exact) mass is 332 g/mol. The van der Waals surface area contributed by atoms with Gasteiger partial charge in [0.1, 0.15) is 4.88 Å². The van der Waals surface area contributed by atoms with Crippen LogP contribution < -0.4 is 5.32 Å². The first kappa shape index (κ1) is 14.9. The lowest BCUT2D eigenvalue weighted by Gasteiger charge is -2.02. The summed E-state index contributed by atoms with van der Waals surface area (Å²) in [7, 11) is 0. The lowest BCUT2D eigenvalue weighted by molar-refractivity contribution is 0.0954. The minimum atomic E-state index is -0.0844. The van der Waals surface area contributed by atoms with Gasteiger partial charge in [-0.1, -0.05) is 11.3 Å². The molecule has 0 fully saturated rings. The molecule has 7 heteroatoms. The summed E-state index contributed by atoms with van der Waals surface area (Å²) in [6.45, 7) is 6.31. The smallest absolute Gasteiger partial charge is 0.263 e. The molecular weight excluding hydrogens is 316 g/mol. The van der Waals surface area contributed by atoms with Crippen LogP contribution in [0.25, 0.3) is 5.13 Å². The number of thiazole rings is 2. The van der Waals surface area contributed by atoms with E-state index in [0.29, 0.717) is 11.4 Å². The number of nitrogens with zero attached hydrogens (tertiary/aromatic N) is 3. The summed E-state index contributed by atoms with van der Waals surface area (Å²) in [4.78, 5) is 23.0. The molecular formula is C15H16N4OS2. The number of hydrogen-bond acceptors (Lipinski definition) is 5. The molecule has 3 heterocycles. The van der Waals surface area contributed by atoms with Crippen LogP contribution in [0.15, 0.2) is 24.5 Å². The highest BCUT2D eigenvalue weighted by Crippen LogP contribution is 2.22. The van der Waals surface area contributed by atoms with Crippen molar-refractivity contribution in [1.82, 2.24) is 19.9 Å². The largest absolute Gasteiger partial charge is 0.346 e. The van der Waals surface area contributed by atoms with E-state index in [1.165, 1.54) is 11.3 Å². The zero-order chi connectivity index (χ0) is 15.7. The van der Waals surface area contributed by atoms with Gasteiger partial charge in [0.15, 0.2) is 5.13 Å². The minimum absolute atomic E-state index is 0.0844. The Labute approximate surface area is 136 Å². The molecule has 3 aromatic rings. The van der Waals surface area contributed by atoms with Gasteiger partial charge >= 0.3 is 0 Å². The van der Waals surface area contributed by atoms with Gasteiger partial charge in [-0.3, -0.25) is 4.79 Å². The Balaban J connectivity index is 1.74. The van der Waals surface area contributed by atoms with Crippen LogP contribution >= 0.6 is 22.7 Å². The van der Waals surface area contributed by atoms with Crippen molar-refractivity contribution in [3.63, 3.8) is 0 Å². The minimum Gasteiger partial charge on any atom is -0.346 e. The molecule has 1 amide bonds. The van der Waals surface area contributed by atoms with E-state index in [2.05, 4.69) is 15.3 Å².